The number of anilines is 1. The molecule has 0 spiro atoms. The Labute approximate surface area is 117 Å². The third kappa shape index (κ3) is 5.18. The number of carbonyl (C=O) groups excluding carboxylic acids is 2. The molecule has 0 radical (unpaired) electrons. The lowest BCUT2D eigenvalue weighted by Gasteiger charge is -2.09. The van der Waals surface area contributed by atoms with Crippen LogP contribution in [-0.4, -0.2) is 24.4 Å². The number of hydrogen-bond acceptors (Lipinski definition) is 3. The van der Waals surface area contributed by atoms with Crippen LogP contribution in [0.2, 0.25) is 5.02 Å². The molecule has 1 rings (SSSR count). The van der Waals surface area contributed by atoms with Gasteiger partial charge in [0.15, 0.2) is 0 Å². The zero-order chi connectivity index (χ0) is 14.4. The van der Waals surface area contributed by atoms with Gasteiger partial charge in [-0.05, 0) is 32.0 Å². The van der Waals surface area contributed by atoms with Crippen molar-refractivity contribution < 1.29 is 9.59 Å². The van der Waals surface area contributed by atoms with E-state index in [0.717, 1.165) is 0 Å². The third-order valence-electron chi connectivity index (χ3n) is 2.33. The summed E-state index contributed by atoms with van der Waals surface area (Å²) in [5, 5.41) is 5.68. The Kier molecular flexibility index (Phi) is 5.63. The SMILES string of the molecule is CC(C)NC(=O)CCNC(=O)c1ccc(N)cc1Cl. The summed E-state index contributed by atoms with van der Waals surface area (Å²) in [6, 6.07) is 4.77. The highest BCUT2D eigenvalue weighted by Gasteiger charge is 2.10. The topological polar surface area (TPSA) is 84.2 Å². The summed E-state index contributed by atoms with van der Waals surface area (Å²) in [5.74, 6) is -0.416. The van der Waals surface area contributed by atoms with Crippen molar-refractivity contribution in [1.29, 1.82) is 0 Å². The smallest absolute Gasteiger partial charge is 0.252 e. The van der Waals surface area contributed by atoms with Gasteiger partial charge in [0, 0.05) is 24.7 Å². The molecule has 0 aliphatic heterocycles. The third-order valence-corrected chi connectivity index (χ3v) is 2.64. The van der Waals surface area contributed by atoms with E-state index in [1.54, 1.807) is 12.1 Å². The van der Waals surface area contributed by atoms with Gasteiger partial charge in [0.1, 0.15) is 0 Å². The second-order valence-corrected chi connectivity index (χ2v) is 4.87. The van der Waals surface area contributed by atoms with Crippen molar-refractivity contribution in [2.24, 2.45) is 0 Å². The summed E-state index contributed by atoms with van der Waals surface area (Å²) in [6.07, 6.45) is 0.233. The number of amides is 2. The number of benzene rings is 1. The molecule has 2 amide bonds. The van der Waals surface area contributed by atoms with Gasteiger partial charge in [0.25, 0.3) is 5.91 Å². The minimum absolute atomic E-state index is 0.0924. The molecule has 0 aliphatic rings. The molecule has 104 valence electrons. The molecule has 0 heterocycles. The molecule has 0 unspecified atom stereocenters. The Bertz CT molecular complexity index is 475. The average Bonchev–Trinajstić information content (AvgIpc) is 2.27. The van der Waals surface area contributed by atoms with Crippen LogP contribution in [0.1, 0.15) is 30.6 Å². The number of rotatable bonds is 5. The molecule has 0 aromatic heterocycles. The molecule has 0 bridgehead atoms. The van der Waals surface area contributed by atoms with E-state index < -0.39 is 0 Å². The summed E-state index contributed by atoms with van der Waals surface area (Å²) in [6.45, 7) is 4.02. The van der Waals surface area contributed by atoms with Crippen molar-refractivity contribution in [2.45, 2.75) is 26.3 Å². The van der Waals surface area contributed by atoms with Crippen LogP contribution in [0.3, 0.4) is 0 Å². The molecule has 0 saturated carbocycles. The first kappa shape index (κ1) is 15.3. The predicted molar refractivity (Wildman–Crippen MR) is 76.1 cm³/mol. The van der Waals surface area contributed by atoms with Crippen LogP contribution in [0.25, 0.3) is 0 Å². The monoisotopic (exact) mass is 283 g/mol. The number of halogens is 1. The predicted octanol–water partition coefficient (Wildman–Crippen LogP) is 1.57. The van der Waals surface area contributed by atoms with Gasteiger partial charge in [-0.15, -0.1) is 0 Å². The summed E-state index contributed by atoms with van der Waals surface area (Å²) in [5.41, 5.74) is 6.39. The molecule has 5 nitrogen and oxygen atoms in total. The Balaban J connectivity index is 2.45. The Morgan fingerprint density at radius 2 is 2.05 bits per heavy atom. The maximum absolute atomic E-state index is 11.8. The first-order valence-electron chi connectivity index (χ1n) is 6.02. The summed E-state index contributed by atoms with van der Waals surface area (Å²) < 4.78 is 0. The summed E-state index contributed by atoms with van der Waals surface area (Å²) >= 11 is 5.91. The van der Waals surface area contributed by atoms with Crippen LogP contribution >= 0.6 is 11.6 Å². The molecule has 0 aliphatic carbocycles. The number of carbonyl (C=O) groups is 2. The largest absolute Gasteiger partial charge is 0.399 e. The molecule has 0 fully saturated rings. The maximum atomic E-state index is 11.8. The van der Waals surface area contributed by atoms with Gasteiger partial charge in [0.2, 0.25) is 5.91 Å². The van der Waals surface area contributed by atoms with E-state index in [-0.39, 0.29) is 30.8 Å². The zero-order valence-corrected chi connectivity index (χ0v) is 11.8. The second kappa shape index (κ2) is 6.99. The molecule has 0 saturated heterocycles. The normalized spacial score (nSPS) is 10.3. The van der Waals surface area contributed by atoms with Crippen LogP contribution in [0.4, 0.5) is 5.69 Å². The molecule has 0 atom stereocenters. The minimum atomic E-state index is -0.317. The fourth-order valence-corrected chi connectivity index (χ4v) is 1.77. The highest BCUT2D eigenvalue weighted by Crippen LogP contribution is 2.18. The van der Waals surface area contributed by atoms with Gasteiger partial charge in [0.05, 0.1) is 10.6 Å². The molecule has 1 aromatic carbocycles. The van der Waals surface area contributed by atoms with E-state index >= 15 is 0 Å². The van der Waals surface area contributed by atoms with Crippen molar-refractivity contribution in [3.05, 3.63) is 28.8 Å². The second-order valence-electron chi connectivity index (χ2n) is 4.47. The van der Waals surface area contributed by atoms with Crippen LogP contribution in [0.15, 0.2) is 18.2 Å². The zero-order valence-electron chi connectivity index (χ0n) is 11.0. The van der Waals surface area contributed by atoms with Crippen LogP contribution in [-0.2, 0) is 4.79 Å². The fourth-order valence-electron chi connectivity index (χ4n) is 1.49. The van der Waals surface area contributed by atoms with Crippen molar-refractivity contribution in [1.82, 2.24) is 10.6 Å². The van der Waals surface area contributed by atoms with Gasteiger partial charge in [-0.25, -0.2) is 0 Å². The van der Waals surface area contributed by atoms with E-state index in [1.165, 1.54) is 6.07 Å². The molecule has 1 aromatic rings. The van der Waals surface area contributed by atoms with Crippen molar-refractivity contribution in [3.8, 4) is 0 Å². The van der Waals surface area contributed by atoms with E-state index in [1.807, 2.05) is 13.8 Å². The molecule has 4 N–H and O–H groups in total. The van der Waals surface area contributed by atoms with Crippen molar-refractivity contribution in [2.75, 3.05) is 12.3 Å². The number of nitrogens with two attached hydrogens (primary N) is 1. The Hall–Kier alpha value is -1.75. The highest BCUT2D eigenvalue weighted by molar-refractivity contribution is 6.34. The van der Waals surface area contributed by atoms with Gasteiger partial charge < -0.3 is 16.4 Å². The molecular formula is C13H18ClN3O2. The van der Waals surface area contributed by atoms with E-state index in [4.69, 9.17) is 17.3 Å². The first-order chi connectivity index (χ1) is 8.90. The molecule has 6 heteroatoms. The van der Waals surface area contributed by atoms with Gasteiger partial charge >= 0.3 is 0 Å². The van der Waals surface area contributed by atoms with Crippen molar-refractivity contribution >= 4 is 29.1 Å². The summed E-state index contributed by atoms with van der Waals surface area (Å²) in [4.78, 5) is 23.2. The number of nitrogens with one attached hydrogen (secondary N) is 2. The standard InChI is InChI=1S/C13H18ClN3O2/c1-8(2)17-12(18)5-6-16-13(19)10-4-3-9(15)7-11(10)14/h3-4,7-8H,5-6,15H2,1-2H3,(H,16,19)(H,17,18). The van der Waals surface area contributed by atoms with Crippen molar-refractivity contribution in [3.63, 3.8) is 0 Å². The van der Waals surface area contributed by atoms with Gasteiger partial charge in [-0.1, -0.05) is 11.6 Å². The Morgan fingerprint density at radius 1 is 1.37 bits per heavy atom. The van der Waals surface area contributed by atoms with E-state index in [2.05, 4.69) is 10.6 Å². The lowest BCUT2D eigenvalue weighted by Crippen LogP contribution is -2.34. The van der Waals surface area contributed by atoms with Crippen LogP contribution < -0.4 is 16.4 Å². The fraction of sp³-hybridized carbons (Fsp3) is 0.385. The number of nitrogen functional groups attached to an aromatic ring is 1. The average molecular weight is 284 g/mol. The van der Waals surface area contributed by atoms with E-state index in [0.29, 0.717) is 16.3 Å². The Morgan fingerprint density at radius 3 is 2.63 bits per heavy atom. The maximum Gasteiger partial charge on any atom is 0.252 e. The minimum Gasteiger partial charge on any atom is -0.399 e. The lowest BCUT2D eigenvalue weighted by molar-refractivity contribution is -0.121. The van der Waals surface area contributed by atoms with Crippen LogP contribution in [0.5, 0.6) is 0 Å². The van der Waals surface area contributed by atoms with Gasteiger partial charge in [-0.3, -0.25) is 9.59 Å². The molecular weight excluding hydrogens is 266 g/mol. The summed E-state index contributed by atoms with van der Waals surface area (Å²) in [7, 11) is 0. The number of hydrogen-bond donors (Lipinski definition) is 3. The first-order valence-corrected chi connectivity index (χ1v) is 6.40. The highest BCUT2D eigenvalue weighted by atomic mass is 35.5. The van der Waals surface area contributed by atoms with Crippen LogP contribution in [0, 0.1) is 0 Å². The van der Waals surface area contributed by atoms with Gasteiger partial charge in [-0.2, -0.15) is 0 Å². The molecule has 19 heavy (non-hydrogen) atoms. The lowest BCUT2D eigenvalue weighted by atomic mass is 10.2. The quantitative estimate of drug-likeness (QED) is 0.717. The van der Waals surface area contributed by atoms with E-state index in [9.17, 15) is 9.59 Å².